The smallest absolute Gasteiger partial charge is 0.257 e. The summed E-state index contributed by atoms with van der Waals surface area (Å²) in [4.78, 5) is 19.4. The minimum atomic E-state index is -0.205. The molecule has 0 aliphatic carbocycles. The highest BCUT2D eigenvalue weighted by molar-refractivity contribution is 6.04. The van der Waals surface area contributed by atoms with Crippen molar-refractivity contribution in [1.82, 2.24) is 9.97 Å². The molecule has 0 bridgehead atoms. The first kappa shape index (κ1) is 12.2. The van der Waals surface area contributed by atoms with Gasteiger partial charge in [0.2, 0.25) is 5.95 Å². The molecule has 0 saturated heterocycles. The molecule has 0 aliphatic rings. The summed E-state index contributed by atoms with van der Waals surface area (Å²) in [5.41, 5.74) is 2.09. The van der Waals surface area contributed by atoms with Gasteiger partial charge in [-0.25, -0.2) is 4.98 Å². The van der Waals surface area contributed by atoms with Crippen LogP contribution in [0.2, 0.25) is 0 Å². The van der Waals surface area contributed by atoms with E-state index in [4.69, 9.17) is 4.74 Å². The van der Waals surface area contributed by atoms with Crippen LogP contribution in [-0.2, 0) is 0 Å². The van der Waals surface area contributed by atoms with E-state index >= 15 is 0 Å². The van der Waals surface area contributed by atoms with Gasteiger partial charge in [-0.2, -0.15) is 0 Å². The summed E-state index contributed by atoms with van der Waals surface area (Å²) >= 11 is 0. The minimum absolute atomic E-state index is 0.205. The van der Waals surface area contributed by atoms with Crippen molar-refractivity contribution < 1.29 is 9.53 Å². The van der Waals surface area contributed by atoms with Crippen LogP contribution in [0.5, 0.6) is 5.75 Å². The molecule has 0 saturated carbocycles. The van der Waals surface area contributed by atoms with Crippen LogP contribution in [0.25, 0.3) is 11.0 Å². The lowest BCUT2D eigenvalue weighted by atomic mass is 10.2. The van der Waals surface area contributed by atoms with Crippen LogP contribution < -0.4 is 10.1 Å². The van der Waals surface area contributed by atoms with Crippen molar-refractivity contribution in [2.75, 3.05) is 12.4 Å². The molecule has 3 aromatic rings. The van der Waals surface area contributed by atoms with Crippen molar-refractivity contribution in [3.63, 3.8) is 0 Å². The van der Waals surface area contributed by atoms with Crippen LogP contribution in [-0.4, -0.2) is 23.0 Å². The quantitative estimate of drug-likeness (QED) is 0.766. The van der Waals surface area contributed by atoms with Gasteiger partial charge < -0.3 is 9.72 Å². The molecular weight excluding hydrogens is 254 g/mol. The average Bonchev–Trinajstić information content (AvgIpc) is 2.90. The Kier molecular flexibility index (Phi) is 3.09. The number of aromatic amines is 1. The summed E-state index contributed by atoms with van der Waals surface area (Å²) in [7, 11) is 1.59. The number of benzene rings is 2. The Bertz CT molecular complexity index is 750. The summed E-state index contributed by atoms with van der Waals surface area (Å²) in [6.07, 6.45) is 0. The molecule has 1 amide bonds. The molecule has 0 radical (unpaired) electrons. The van der Waals surface area contributed by atoms with Gasteiger partial charge in [0.15, 0.2) is 0 Å². The van der Waals surface area contributed by atoms with E-state index in [1.807, 2.05) is 36.4 Å². The molecule has 100 valence electrons. The highest BCUT2D eigenvalue weighted by Crippen LogP contribution is 2.24. The molecule has 1 heterocycles. The van der Waals surface area contributed by atoms with Crippen molar-refractivity contribution >= 4 is 22.9 Å². The number of hydrogen-bond acceptors (Lipinski definition) is 3. The molecule has 0 unspecified atom stereocenters. The van der Waals surface area contributed by atoms with Gasteiger partial charge in [0.1, 0.15) is 11.3 Å². The van der Waals surface area contributed by atoms with E-state index in [-0.39, 0.29) is 5.91 Å². The van der Waals surface area contributed by atoms with Crippen molar-refractivity contribution in [3.05, 3.63) is 54.1 Å². The van der Waals surface area contributed by atoms with E-state index in [0.717, 1.165) is 5.52 Å². The summed E-state index contributed by atoms with van der Waals surface area (Å²) in [5.74, 6) is 0.862. The zero-order valence-electron chi connectivity index (χ0n) is 10.9. The second kappa shape index (κ2) is 5.05. The van der Waals surface area contributed by atoms with Gasteiger partial charge in [0.25, 0.3) is 5.91 Å². The molecule has 0 spiro atoms. The van der Waals surface area contributed by atoms with Gasteiger partial charge in [-0.3, -0.25) is 10.1 Å². The normalized spacial score (nSPS) is 10.4. The highest BCUT2D eigenvalue weighted by Gasteiger charge is 2.11. The summed E-state index contributed by atoms with van der Waals surface area (Å²) < 4.78 is 5.24. The fourth-order valence-electron chi connectivity index (χ4n) is 2.00. The van der Waals surface area contributed by atoms with Gasteiger partial charge in [-0.15, -0.1) is 0 Å². The summed E-state index contributed by atoms with van der Waals surface area (Å²) in [6.45, 7) is 0. The number of hydrogen-bond donors (Lipinski definition) is 2. The average molecular weight is 267 g/mol. The standard InChI is InChI=1S/C15H13N3O2/c1-20-12-9-5-8-11-13(12)17-15(16-11)18-14(19)10-6-3-2-4-7-10/h2-9H,1H3,(H2,16,17,18,19). The van der Waals surface area contributed by atoms with E-state index in [1.165, 1.54) is 0 Å². The number of carbonyl (C=O) groups excluding carboxylic acids is 1. The third-order valence-corrected chi connectivity index (χ3v) is 2.96. The molecule has 2 aromatic carbocycles. The number of H-pyrrole nitrogens is 1. The maximum Gasteiger partial charge on any atom is 0.257 e. The Hall–Kier alpha value is -2.82. The first-order chi connectivity index (χ1) is 9.78. The van der Waals surface area contributed by atoms with E-state index < -0.39 is 0 Å². The lowest BCUT2D eigenvalue weighted by Crippen LogP contribution is -2.12. The van der Waals surface area contributed by atoms with Crippen molar-refractivity contribution in [1.29, 1.82) is 0 Å². The Morgan fingerprint density at radius 3 is 2.70 bits per heavy atom. The number of ether oxygens (including phenoxy) is 1. The monoisotopic (exact) mass is 267 g/mol. The fourth-order valence-corrected chi connectivity index (χ4v) is 2.00. The van der Waals surface area contributed by atoms with Crippen LogP contribution in [0.4, 0.5) is 5.95 Å². The first-order valence-corrected chi connectivity index (χ1v) is 6.17. The first-order valence-electron chi connectivity index (χ1n) is 6.17. The number of anilines is 1. The van der Waals surface area contributed by atoms with Crippen LogP contribution in [0.1, 0.15) is 10.4 Å². The third kappa shape index (κ3) is 2.21. The number of methoxy groups -OCH3 is 1. The van der Waals surface area contributed by atoms with Crippen molar-refractivity contribution in [3.8, 4) is 5.75 Å². The maximum atomic E-state index is 12.0. The van der Waals surface area contributed by atoms with E-state index in [1.54, 1.807) is 19.2 Å². The zero-order valence-corrected chi connectivity index (χ0v) is 10.9. The molecule has 20 heavy (non-hydrogen) atoms. The maximum absolute atomic E-state index is 12.0. The number of rotatable bonds is 3. The van der Waals surface area contributed by atoms with Gasteiger partial charge in [0.05, 0.1) is 12.6 Å². The number of carbonyl (C=O) groups is 1. The van der Waals surface area contributed by atoms with Crippen LogP contribution in [0.3, 0.4) is 0 Å². The Morgan fingerprint density at radius 1 is 1.15 bits per heavy atom. The highest BCUT2D eigenvalue weighted by atomic mass is 16.5. The summed E-state index contributed by atoms with van der Waals surface area (Å²) in [5, 5.41) is 2.74. The van der Waals surface area contributed by atoms with Crippen LogP contribution in [0, 0.1) is 0 Å². The molecule has 1 aromatic heterocycles. The molecule has 5 nitrogen and oxygen atoms in total. The number of nitrogens with zero attached hydrogens (tertiary/aromatic N) is 1. The second-order valence-electron chi connectivity index (χ2n) is 4.26. The van der Waals surface area contributed by atoms with E-state index in [9.17, 15) is 4.79 Å². The van der Waals surface area contributed by atoms with Gasteiger partial charge in [0, 0.05) is 5.56 Å². The molecular formula is C15H13N3O2. The zero-order chi connectivity index (χ0) is 13.9. The Morgan fingerprint density at radius 2 is 1.95 bits per heavy atom. The number of amides is 1. The molecule has 3 rings (SSSR count). The number of fused-ring (bicyclic) bond motifs is 1. The molecule has 0 atom stereocenters. The van der Waals surface area contributed by atoms with Crippen molar-refractivity contribution in [2.45, 2.75) is 0 Å². The Labute approximate surface area is 115 Å². The number of para-hydroxylation sites is 1. The van der Waals surface area contributed by atoms with Crippen LogP contribution in [0.15, 0.2) is 48.5 Å². The SMILES string of the molecule is COc1cccc2[nH]c(NC(=O)c3ccccc3)nc12. The second-order valence-corrected chi connectivity index (χ2v) is 4.26. The lowest BCUT2D eigenvalue weighted by molar-refractivity contribution is 0.102. The predicted octanol–water partition coefficient (Wildman–Crippen LogP) is 2.82. The van der Waals surface area contributed by atoms with E-state index in [0.29, 0.717) is 22.8 Å². The van der Waals surface area contributed by atoms with Gasteiger partial charge in [-0.05, 0) is 24.3 Å². The number of imidazole rings is 1. The predicted molar refractivity (Wildman–Crippen MR) is 77.0 cm³/mol. The Balaban J connectivity index is 1.90. The molecule has 2 N–H and O–H groups in total. The number of aromatic nitrogens is 2. The fraction of sp³-hybridized carbons (Fsp3) is 0.0667. The largest absolute Gasteiger partial charge is 0.494 e. The van der Waals surface area contributed by atoms with Gasteiger partial charge in [-0.1, -0.05) is 24.3 Å². The van der Waals surface area contributed by atoms with Gasteiger partial charge >= 0.3 is 0 Å². The third-order valence-electron chi connectivity index (χ3n) is 2.96. The molecule has 0 aliphatic heterocycles. The topological polar surface area (TPSA) is 67.0 Å². The molecule has 0 fully saturated rings. The summed E-state index contributed by atoms with van der Waals surface area (Å²) in [6, 6.07) is 14.6. The van der Waals surface area contributed by atoms with Crippen LogP contribution >= 0.6 is 0 Å². The van der Waals surface area contributed by atoms with Crippen molar-refractivity contribution in [2.24, 2.45) is 0 Å². The number of nitrogens with one attached hydrogen (secondary N) is 2. The minimum Gasteiger partial charge on any atom is -0.494 e. The van der Waals surface area contributed by atoms with E-state index in [2.05, 4.69) is 15.3 Å². The lowest BCUT2D eigenvalue weighted by Gasteiger charge is -2.00. The molecule has 5 heteroatoms.